The highest BCUT2D eigenvalue weighted by Gasteiger charge is 2.10. The van der Waals surface area contributed by atoms with E-state index in [1.807, 2.05) is 6.07 Å². The van der Waals surface area contributed by atoms with Gasteiger partial charge in [-0.3, -0.25) is 4.72 Å². The number of halogens is 3. The molecule has 1 aromatic rings. The minimum Gasteiger partial charge on any atom is -0.282 e. The summed E-state index contributed by atoms with van der Waals surface area (Å²) >= 11 is 9.40. The van der Waals surface area contributed by atoms with Gasteiger partial charge in [0, 0.05) is 8.95 Å². The molecule has 0 amide bonds. The van der Waals surface area contributed by atoms with Crippen LogP contribution in [0.5, 0.6) is 0 Å². The lowest BCUT2D eigenvalue weighted by atomic mass is 10.3. The molecule has 14 heavy (non-hydrogen) atoms. The van der Waals surface area contributed by atoms with Gasteiger partial charge < -0.3 is 0 Å². The van der Waals surface area contributed by atoms with Crippen LogP contribution >= 0.6 is 47.8 Å². The second-order valence-corrected chi connectivity index (χ2v) is 7.25. The SMILES string of the molecule is O=S(=O)(CBr)Nc1cc(Br)ccc1Br. The van der Waals surface area contributed by atoms with Crippen LogP contribution in [0.1, 0.15) is 0 Å². The summed E-state index contributed by atoms with van der Waals surface area (Å²) in [4.78, 5) is 0. The molecule has 0 heterocycles. The van der Waals surface area contributed by atoms with E-state index in [2.05, 4.69) is 52.5 Å². The van der Waals surface area contributed by atoms with Crippen LogP contribution in [0.2, 0.25) is 0 Å². The molecule has 0 fully saturated rings. The fraction of sp³-hybridized carbons (Fsp3) is 0.143. The van der Waals surface area contributed by atoms with E-state index in [0.29, 0.717) is 10.2 Å². The first kappa shape index (κ1) is 12.5. The lowest BCUT2D eigenvalue weighted by Gasteiger charge is -2.07. The number of sulfonamides is 1. The first-order valence-corrected chi connectivity index (χ1v) is 7.82. The number of hydrogen-bond donors (Lipinski definition) is 1. The first-order valence-electron chi connectivity index (χ1n) is 3.46. The van der Waals surface area contributed by atoms with E-state index < -0.39 is 10.0 Å². The number of hydrogen-bond acceptors (Lipinski definition) is 2. The minimum absolute atomic E-state index is 0.126. The third kappa shape index (κ3) is 3.52. The van der Waals surface area contributed by atoms with Crippen molar-refractivity contribution in [1.82, 2.24) is 0 Å². The van der Waals surface area contributed by atoms with Gasteiger partial charge in [-0.1, -0.05) is 31.9 Å². The molecule has 0 saturated carbocycles. The summed E-state index contributed by atoms with van der Waals surface area (Å²) < 4.78 is 26.3. The molecule has 0 aliphatic rings. The molecule has 1 N–H and O–H groups in total. The quantitative estimate of drug-likeness (QED) is 0.781. The normalized spacial score (nSPS) is 11.4. The smallest absolute Gasteiger partial charge is 0.242 e. The number of benzene rings is 1. The van der Waals surface area contributed by atoms with Crippen LogP contribution in [0.25, 0.3) is 0 Å². The molecule has 1 rings (SSSR count). The third-order valence-electron chi connectivity index (χ3n) is 1.34. The van der Waals surface area contributed by atoms with Crippen LogP contribution in [0.15, 0.2) is 27.1 Å². The molecule has 0 radical (unpaired) electrons. The van der Waals surface area contributed by atoms with E-state index in [1.165, 1.54) is 0 Å². The molecule has 1 aromatic carbocycles. The first-order chi connectivity index (χ1) is 6.44. The largest absolute Gasteiger partial charge is 0.282 e. The number of alkyl halides is 1. The van der Waals surface area contributed by atoms with Crippen molar-refractivity contribution in [3.63, 3.8) is 0 Å². The maximum absolute atomic E-state index is 11.2. The second-order valence-electron chi connectivity index (χ2n) is 2.45. The predicted molar refractivity (Wildman–Crippen MR) is 68.2 cm³/mol. The Morgan fingerprint density at radius 3 is 2.50 bits per heavy atom. The van der Waals surface area contributed by atoms with Gasteiger partial charge in [-0.25, -0.2) is 8.42 Å². The van der Waals surface area contributed by atoms with Crippen molar-refractivity contribution in [3.8, 4) is 0 Å². The number of rotatable bonds is 3. The molecule has 3 nitrogen and oxygen atoms in total. The van der Waals surface area contributed by atoms with Crippen molar-refractivity contribution in [2.24, 2.45) is 0 Å². The molecule has 78 valence electrons. The molecule has 0 spiro atoms. The highest BCUT2D eigenvalue weighted by molar-refractivity contribution is 9.11. The van der Waals surface area contributed by atoms with Gasteiger partial charge in [-0.2, -0.15) is 0 Å². The van der Waals surface area contributed by atoms with Crippen molar-refractivity contribution >= 4 is 63.5 Å². The van der Waals surface area contributed by atoms with Crippen LogP contribution in [0.4, 0.5) is 5.69 Å². The lowest BCUT2D eigenvalue weighted by molar-refractivity contribution is 0.606. The van der Waals surface area contributed by atoms with Gasteiger partial charge >= 0.3 is 0 Å². The maximum atomic E-state index is 11.2. The molecule has 0 atom stereocenters. The Morgan fingerprint density at radius 2 is 1.93 bits per heavy atom. The van der Waals surface area contributed by atoms with Gasteiger partial charge in [0.05, 0.1) is 5.69 Å². The van der Waals surface area contributed by atoms with E-state index in [9.17, 15) is 8.42 Å². The van der Waals surface area contributed by atoms with Crippen molar-refractivity contribution in [1.29, 1.82) is 0 Å². The Hall–Kier alpha value is 0.410. The molecule has 0 aliphatic heterocycles. The van der Waals surface area contributed by atoms with E-state index in [4.69, 9.17) is 0 Å². The van der Waals surface area contributed by atoms with E-state index in [-0.39, 0.29) is 4.66 Å². The molecule has 0 aromatic heterocycles. The van der Waals surface area contributed by atoms with Crippen LogP contribution < -0.4 is 4.72 Å². The maximum Gasteiger partial charge on any atom is 0.242 e. The van der Waals surface area contributed by atoms with Gasteiger partial charge in [0.25, 0.3) is 0 Å². The monoisotopic (exact) mass is 405 g/mol. The molecule has 0 aliphatic carbocycles. The Balaban J connectivity index is 3.03. The summed E-state index contributed by atoms with van der Waals surface area (Å²) in [6.45, 7) is 0. The van der Waals surface area contributed by atoms with Crippen molar-refractivity contribution < 1.29 is 8.42 Å². The van der Waals surface area contributed by atoms with Gasteiger partial charge in [0.2, 0.25) is 10.0 Å². The van der Waals surface area contributed by atoms with Crippen molar-refractivity contribution in [2.45, 2.75) is 0 Å². The fourth-order valence-corrected chi connectivity index (χ4v) is 2.51. The zero-order chi connectivity index (χ0) is 10.8. The molecular formula is C7H6Br3NO2S. The summed E-state index contributed by atoms with van der Waals surface area (Å²) in [7, 11) is -3.30. The third-order valence-corrected chi connectivity index (χ3v) is 5.15. The highest BCUT2D eigenvalue weighted by atomic mass is 79.9. The Morgan fingerprint density at radius 1 is 1.29 bits per heavy atom. The van der Waals surface area contributed by atoms with E-state index in [1.54, 1.807) is 12.1 Å². The number of anilines is 1. The van der Waals surface area contributed by atoms with Crippen LogP contribution in [0, 0.1) is 0 Å². The van der Waals surface area contributed by atoms with Crippen molar-refractivity contribution in [3.05, 3.63) is 27.1 Å². The zero-order valence-electron chi connectivity index (χ0n) is 6.80. The van der Waals surface area contributed by atoms with E-state index >= 15 is 0 Å². The molecule has 0 saturated heterocycles. The fourth-order valence-electron chi connectivity index (χ4n) is 0.771. The van der Waals surface area contributed by atoms with E-state index in [0.717, 1.165) is 4.47 Å². The minimum atomic E-state index is -3.30. The zero-order valence-corrected chi connectivity index (χ0v) is 12.4. The highest BCUT2D eigenvalue weighted by Crippen LogP contribution is 2.27. The Bertz CT molecular complexity index is 433. The molecular weight excluding hydrogens is 402 g/mol. The molecule has 0 unspecified atom stereocenters. The summed E-state index contributed by atoms with van der Waals surface area (Å²) in [6, 6.07) is 5.26. The topological polar surface area (TPSA) is 46.2 Å². The van der Waals surface area contributed by atoms with Crippen LogP contribution in [0.3, 0.4) is 0 Å². The average molecular weight is 408 g/mol. The van der Waals surface area contributed by atoms with Gasteiger partial charge in [0.1, 0.15) is 4.66 Å². The van der Waals surface area contributed by atoms with Crippen molar-refractivity contribution in [2.75, 3.05) is 9.38 Å². The summed E-state index contributed by atoms with van der Waals surface area (Å²) in [5.41, 5.74) is 0.513. The Kier molecular flexibility index (Phi) is 4.42. The van der Waals surface area contributed by atoms with Crippen LogP contribution in [-0.4, -0.2) is 13.1 Å². The van der Waals surface area contributed by atoms with Gasteiger partial charge in [-0.05, 0) is 34.1 Å². The molecule has 7 heteroatoms. The lowest BCUT2D eigenvalue weighted by Crippen LogP contribution is -2.13. The second kappa shape index (κ2) is 4.96. The predicted octanol–water partition coefficient (Wildman–Crippen LogP) is 3.31. The van der Waals surface area contributed by atoms with Crippen LogP contribution in [-0.2, 0) is 10.0 Å². The Labute approximate surface area is 108 Å². The molecule has 0 bridgehead atoms. The number of nitrogens with one attached hydrogen (secondary N) is 1. The standard InChI is InChI=1S/C7H6Br3NO2S/c8-4-14(12,13)11-7-3-5(9)1-2-6(7)10/h1-3,11H,4H2. The summed E-state index contributed by atoms with van der Waals surface area (Å²) in [5.74, 6) is 0. The summed E-state index contributed by atoms with van der Waals surface area (Å²) in [5, 5.41) is 0. The van der Waals surface area contributed by atoms with Gasteiger partial charge in [0.15, 0.2) is 0 Å². The average Bonchev–Trinajstić information content (AvgIpc) is 2.11. The summed E-state index contributed by atoms with van der Waals surface area (Å²) in [6.07, 6.45) is 0. The van der Waals surface area contributed by atoms with Gasteiger partial charge in [-0.15, -0.1) is 0 Å².